The van der Waals surface area contributed by atoms with Crippen molar-refractivity contribution in [3.05, 3.63) is 52.4 Å². The third kappa shape index (κ3) is 3.09. The molecule has 0 spiro atoms. The minimum atomic E-state index is 0.809. The first kappa shape index (κ1) is 10.2. The van der Waals surface area contributed by atoms with Crippen molar-refractivity contribution in [2.45, 2.75) is 0 Å². The van der Waals surface area contributed by atoms with Crippen molar-refractivity contribution in [1.29, 1.82) is 0 Å². The van der Waals surface area contributed by atoms with Gasteiger partial charge in [-0.2, -0.15) is 10.2 Å². The standard InChI is InChI=1S/C11H8IN3/c12-9-1-3-10(4-2-9)14-15-11-5-7-13-8-6-11/h1-8H. The number of azo groups is 1. The van der Waals surface area contributed by atoms with E-state index in [1.54, 1.807) is 12.4 Å². The molecule has 0 radical (unpaired) electrons. The van der Waals surface area contributed by atoms with Crippen molar-refractivity contribution in [2.24, 2.45) is 10.2 Å². The van der Waals surface area contributed by atoms with Crippen LogP contribution >= 0.6 is 22.6 Å². The molecule has 0 bridgehead atoms. The second-order valence-corrected chi connectivity index (χ2v) is 4.13. The number of hydrogen-bond acceptors (Lipinski definition) is 3. The molecule has 0 atom stereocenters. The third-order valence-corrected chi connectivity index (χ3v) is 2.49. The molecule has 0 aliphatic heterocycles. The molecule has 1 aromatic heterocycles. The van der Waals surface area contributed by atoms with Crippen LogP contribution in [0.2, 0.25) is 0 Å². The average Bonchev–Trinajstić information content (AvgIpc) is 2.30. The van der Waals surface area contributed by atoms with Crippen LogP contribution in [0.15, 0.2) is 59.0 Å². The molecule has 2 rings (SSSR count). The van der Waals surface area contributed by atoms with Gasteiger partial charge >= 0.3 is 0 Å². The molecule has 0 saturated heterocycles. The Balaban J connectivity index is 2.15. The number of benzene rings is 1. The van der Waals surface area contributed by atoms with E-state index in [2.05, 4.69) is 37.8 Å². The van der Waals surface area contributed by atoms with Gasteiger partial charge in [0.2, 0.25) is 0 Å². The lowest BCUT2D eigenvalue weighted by Gasteiger charge is -1.92. The molecule has 74 valence electrons. The summed E-state index contributed by atoms with van der Waals surface area (Å²) < 4.78 is 1.19. The van der Waals surface area contributed by atoms with Crippen LogP contribution in [-0.4, -0.2) is 4.98 Å². The van der Waals surface area contributed by atoms with E-state index in [-0.39, 0.29) is 0 Å². The fourth-order valence-electron chi connectivity index (χ4n) is 1.03. The Labute approximate surface area is 101 Å². The Bertz CT molecular complexity index is 451. The third-order valence-electron chi connectivity index (χ3n) is 1.77. The summed E-state index contributed by atoms with van der Waals surface area (Å²) in [6.07, 6.45) is 3.39. The quantitative estimate of drug-likeness (QED) is 0.608. The van der Waals surface area contributed by atoms with E-state index in [0.29, 0.717) is 0 Å². The van der Waals surface area contributed by atoms with Crippen LogP contribution in [0.3, 0.4) is 0 Å². The number of aromatic nitrogens is 1. The maximum Gasteiger partial charge on any atom is 0.0887 e. The largest absolute Gasteiger partial charge is 0.265 e. The highest BCUT2D eigenvalue weighted by molar-refractivity contribution is 14.1. The number of rotatable bonds is 2. The smallest absolute Gasteiger partial charge is 0.0887 e. The predicted octanol–water partition coefficient (Wildman–Crippen LogP) is 4.10. The first-order valence-corrected chi connectivity index (χ1v) is 5.50. The lowest BCUT2D eigenvalue weighted by molar-refractivity contribution is 1.21. The van der Waals surface area contributed by atoms with Crippen molar-refractivity contribution in [3.8, 4) is 0 Å². The summed E-state index contributed by atoms with van der Waals surface area (Å²) in [5.41, 5.74) is 1.66. The van der Waals surface area contributed by atoms with Gasteiger partial charge in [0.1, 0.15) is 0 Å². The Morgan fingerprint density at radius 2 is 1.33 bits per heavy atom. The van der Waals surface area contributed by atoms with Crippen LogP contribution in [0.25, 0.3) is 0 Å². The molecule has 1 aromatic carbocycles. The number of halogens is 1. The summed E-state index contributed by atoms with van der Waals surface area (Å²) in [6.45, 7) is 0. The van der Waals surface area contributed by atoms with Crippen LogP contribution in [0, 0.1) is 3.57 Å². The van der Waals surface area contributed by atoms with Gasteiger partial charge in [-0.15, -0.1) is 0 Å². The topological polar surface area (TPSA) is 37.6 Å². The zero-order valence-corrected chi connectivity index (χ0v) is 10.00. The summed E-state index contributed by atoms with van der Waals surface area (Å²) in [5.74, 6) is 0. The summed E-state index contributed by atoms with van der Waals surface area (Å²) >= 11 is 2.26. The highest BCUT2D eigenvalue weighted by atomic mass is 127. The molecule has 0 amide bonds. The van der Waals surface area contributed by atoms with Crippen LogP contribution in [0.5, 0.6) is 0 Å². The van der Waals surface area contributed by atoms with Crippen molar-refractivity contribution in [2.75, 3.05) is 0 Å². The molecular weight excluding hydrogens is 301 g/mol. The van der Waals surface area contributed by atoms with E-state index >= 15 is 0 Å². The summed E-state index contributed by atoms with van der Waals surface area (Å²) in [5, 5.41) is 8.20. The molecule has 3 nitrogen and oxygen atoms in total. The highest BCUT2D eigenvalue weighted by Gasteiger charge is 1.90. The Kier molecular flexibility index (Phi) is 3.39. The molecular formula is C11H8IN3. The molecule has 0 saturated carbocycles. The zero-order valence-electron chi connectivity index (χ0n) is 7.84. The van der Waals surface area contributed by atoms with Crippen molar-refractivity contribution >= 4 is 34.0 Å². The molecule has 0 fully saturated rings. The lowest BCUT2D eigenvalue weighted by Crippen LogP contribution is -1.68. The number of pyridine rings is 1. The van der Waals surface area contributed by atoms with Gasteiger partial charge in [-0.1, -0.05) is 0 Å². The van der Waals surface area contributed by atoms with Crippen LogP contribution in [-0.2, 0) is 0 Å². The van der Waals surface area contributed by atoms with Crippen LogP contribution < -0.4 is 0 Å². The molecule has 4 heteroatoms. The molecule has 15 heavy (non-hydrogen) atoms. The van der Waals surface area contributed by atoms with Gasteiger partial charge < -0.3 is 0 Å². The number of hydrogen-bond donors (Lipinski definition) is 0. The Hall–Kier alpha value is -1.30. The second kappa shape index (κ2) is 4.97. The van der Waals surface area contributed by atoms with Crippen molar-refractivity contribution < 1.29 is 0 Å². The predicted molar refractivity (Wildman–Crippen MR) is 67.6 cm³/mol. The monoisotopic (exact) mass is 309 g/mol. The van der Waals surface area contributed by atoms with Crippen LogP contribution in [0.4, 0.5) is 11.4 Å². The summed E-state index contributed by atoms with van der Waals surface area (Å²) in [4.78, 5) is 3.91. The van der Waals surface area contributed by atoms with Gasteiger partial charge in [0.25, 0.3) is 0 Å². The van der Waals surface area contributed by atoms with Gasteiger partial charge in [0.05, 0.1) is 11.4 Å². The first-order valence-electron chi connectivity index (χ1n) is 4.42. The average molecular weight is 309 g/mol. The SMILES string of the molecule is Ic1ccc(N=Nc2ccncc2)cc1. The number of nitrogens with zero attached hydrogens (tertiary/aromatic N) is 3. The van der Waals surface area contributed by atoms with Gasteiger partial charge in [-0.05, 0) is 59.0 Å². The normalized spacial score (nSPS) is 10.7. The van der Waals surface area contributed by atoms with Gasteiger partial charge in [0, 0.05) is 16.0 Å². The van der Waals surface area contributed by atoms with E-state index < -0.39 is 0 Å². The first-order chi connectivity index (χ1) is 7.34. The maximum absolute atomic E-state index is 4.11. The summed E-state index contributed by atoms with van der Waals surface area (Å²) in [7, 11) is 0. The molecule has 0 unspecified atom stereocenters. The second-order valence-electron chi connectivity index (χ2n) is 2.88. The Morgan fingerprint density at radius 3 is 1.93 bits per heavy atom. The van der Waals surface area contributed by atoms with Gasteiger partial charge in [-0.25, -0.2) is 0 Å². The molecule has 0 aliphatic rings. The van der Waals surface area contributed by atoms with Gasteiger partial charge in [0.15, 0.2) is 0 Å². The van der Waals surface area contributed by atoms with Crippen LogP contribution in [0.1, 0.15) is 0 Å². The van der Waals surface area contributed by atoms with E-state index in [1.807, 2.05) is 36.4 Å². The molecule has 1 heterocycles. The van der Waals surface area contributed by atoms with Crippen molar-refractivity contribution in [3.63, 3.8) is 0 Å². The maximum atomic E-state index is 4.11. The van der Waals surface area contributed by atoms with E-state index in [9.17, 15) is 0 Å². The van der Waals surface area contributed by atoms with E-state index in [0.717, 1.165) is 11.4 Å². The van der Waals surface area contributed by atoms with E-state index in [1.165, 1.54) is 3.57 Å². The highest BCUT2D eigenvalue weighted by Crippen LogP contribution is 2.18. The van der Waals surface area contributed by atoms with E-state index in [4.69, 9.17) is 0 Å². The van der Waals surface area contributed by atoms with Crippen molar-refractivity contribution in [1.82, 2.24) is 4.98 Å². The molecule has 0 N–H and O–H groups in total. The van der Waals surface area contributed by atoms with Gasteiger partial charge in [-0.3, -0.25) is 4.98 Å². The fourth-order valence-corrected chi connectivity index (χ4v) is 1.39. The Morgan fingerprint density at radius 1 is 0.800 bits per heavy atom. The fraction of sp³-hybridized carbons (Fsp3) is 0. The minimum absolute atomic E-state index is 0.809. The molecule has 2 aromatic rings. The summed E-state index contributed by atoms with van der Waals surface area (Å²) in [6, 6.07) is 11.5. The lowest BCUT2D eigenvalue weighted by atomic mass is 10.3. The minimum Gasteiger partial charge on any atom is -0.265 e. The zero-order chi connectivity index (χ0) is 10.5. The molecule has 0 aliphatic carbocycles.